The first kappa shape index (κ1) is 28.0. The lowest BCUT2D eigenvalue weighted by atomic mass is 10.1. The number of aromatic nitrogens is 3. The summed E-state index contributed by atoms with van der Waals surface area (Å²) in [6.45, 7) is 4.47. The Morgan fingerprint density at radius 1 is 1.00 bits per heavy atom. The highest BCUT2D eigenvalue weighted by Gasteiger charge is 2.22. The Labute approximate surface area is 242 Å². The molecule has 0 saturated heterocycles. The Bertz CT molecular complexity index is 1450. The topological polar surface area (TPSA) is 133 Å². The molecular formula is C29H32N8O3S. The van der Waals surface area contributed by atoms with Gasteiger partial charge in [0.1, 0.15) is 29.8 Å². The van der Waals surface area contributed by atoms with Crippen molar-refractivity contribution in [2.45, 2.75) is 25.9 Å². The fraction of sp³-hybridized carbons (Fsp3) is 0.276. The zero-order valence-corrected chi connectivity index (χ0v) is 23.5. The molecule has 6 rings (SSSR count). The minimum Gasteiger partial charge on any atom is -0.484 e. The molecule has 41 heavy (non-hydrogen) atoms. The van der Waals surface area contributed by atoms with Crippen molar-refractivity contribution >= 4 is 46.2 Å². The summed E-state index contributed by atoms with van der Waals surface area (Å²) in [5.41, 5.74) is 5.29. The summed E-state index contributed by atoms with van der Waals surface area (Å²) in [4.78, 5) is 41.1. The lowest BCUT2D eigenvalue weighted by molar-refractivity contribution is -0.130. The van der Waals surface area contributed by atoms with Gasteiger partial charge in [0.15, 0.2) is 6.61 Å². The number of nitrogens with zero attached hydrogens (tertiary/aromatic N) is 4. The smallest absolute Gasteiger partial charge is 0.258 e. The molecule has 6 bridgehead atoms. The van der Waals surface area contributed by atoms with Gasteiger partial charge >= 0.3 is 0 Å². The zero-order valence-electron chi connectivity index (χ0n) is 22.7. The van der Waals surface area contributed by atoms with E-state index in [0.717, 1.165) is 29.2 Å². The number of anilines is 4. The molecule has 2 aliphatic heterocycles. The normalized spacial score (nSPS) is 17.0. The number of amides is 2. The number of fused-ring (bicyclic) bond motifs is 12. The van der Waals surface area contributed by atoms with Gasteiger partial charge in [0.05, 0.1) is 11.2 Å². The Morgan fingerprint density at radius 3 is 2.56 bits per heavy atom. The number of thiazole rings is 1. The highest BCUT2D eigenvalue weighted by Crippen LogP contribution is 2.22. The number of rotatable bonds is 3. The van der Waals surface area contributed by atoms with Crippen LogP contribution in [0.2, 0.25) is 0 Å². The molecule has 1 unspecified atom stereocenters. The SMILES string of the molecule is CCN1CCNC(=O)C(Cc2cscn2)NC(=O)COc2ccc(cc2)Nc2cc(ncn2)Nc2cccc(c2)C1. The van der Waals surface area contributed by atoms with Gasteiger partial charge in [-0.2, -0.15) is 0 Å². The number of carbonyl (C=O) groups excluding carboxylic acids is 2. The van der Waals surface area contributed by atoms with Crippen LogP contribution in [-0.2, 0) is 22.6 Å². The third-order valence-electron chi connectivity index (χ3n) is 6.49. The van der Waals surface area contributed by atoms with Crippen LogP contribution in [0.3, 0.4) is 0 Å². The summed E-state index contributed by atoms with van der Waals surface area (Å²) in [5.74, 6) is 1.16. The van der Waals surface area contributed by atoms with Crippen LogP contribution < -0.4 is 26.0 Å². The van der Waals surface area contributed by atoms with Crippen LogP contribution in [0.25, 0.3) is 0 Å². The maximum absolute atomic E-state index is 13.1. The van der Waals surface area contributed by atoms with Crippen molar-refractivity contribution in [3.05, 3.63) is 83.1 Å². The summed E-state index contributed by atoms with van der Waals surface area (Å²) in [5, 5.41) is 14.3. The van der Waals surface area contributed by atoms with Gasteiger partial charge in [-0.05, 0) is 48.5 Å². The minimum absolute atomic E-state index is 0.226. The quantitative estimate of drug-likeness (QED) is 0.272. The summed E-state index contributed by atoms with van der Waals surface area (Å²) >= 11 is 1.45. The molecule has 0 spiro atoms. The molecule has 0 saturated carbocycles. The molecule has 11 nitrogen and oxygen atoms in total. The molecule has 4 aromatic rings. The molecule has 2 aromatic carbocycles. The van der Waals surface area contributed by atoms with Crippen molar-refractivity contribution in [2.75, 3.05) is 36.9 Å². The number of ether oxygens (including phenoxy) is 1. The Morgan fingerprint density at radius 2 is 1.80 bits per heavy atom. The standard InChI is InChI=1S/C29H32N8O3S/c1-2-37-11-10-30-29(39)25(13-23-17-41-19-33-23)36-28(38)16-40-24-8-6-21(7-9-24)34-26-14-27(32-18-31-26)35-22-5-3-4-20(12-22)15-37/h3-9,12,14,17-19,25H,2,10-11,13,15-16H2,1H3,(H,30,39)(H,36,38)(H2,31,32,34,35). The van der Waals surface area contributed by atoms with E-state index >= 15 is 0 Å². The van der Waals surface area contributed by atoms with Crippen LogP contribution in [0.15, 0.2) is 71.8 Å². The fourth-order valence-corrected chi connectivity index (χ4v) is 4.95. The number of likely N-dealkylation sites (N-methyl/N-ethyl adjacent to an activating group) is 1. The second-order valence-corrected chi connectivity index (χ2v) is 10.2. The number of nitrogens with one attached hydrogen (secondary N) is 4. The van der Waals surface area contributed by atoms with Gasteiger partial charge < -0.3 is 26.0 Å². The average molecular weight is 573 g/mol. The second-order valence-electron chi connectivity index (χ2n) is 9.52. The monoisotopic (exact) mass is 572 g/mol. The Balaban J connectivity index is 1.36. The van der Waals surface area contributed by atoms with E-state index in [1.54, 1.807) is 17.6 Å². The van der Waals surface area contributed by atoms with Gasteiger partial charge in [0.25, 0.3) is 5.91 Å². The molecule has 2 aliphatic rings. The largest absolute Gasteiger partial charge is 0.484 e. The maximum Gasteiger partial charge on any atom is 0.258 e. The molecule has 2 amide bonds. The Kier molecular flexibility index (Phi) is 9.34. The van der Waals surface area contributed by atoms with Crippen LogP contribution in [0.5, 0.6) is 5.75 Å². The van der Waals surface area contributed by atoms with Crippen LogP contribution >= 0.6 is 11.3 Å². The van der Waals surface area contributed by atoms with Crippen LogP contribution in [0.1, 0.15) is 18.2 Å². The molecule has 12 heteroatoms. The molecule has 0 aliphatic carbocycles. The first-order valence-electron chi connectivity index (χ1n) is 13.4. The summed E-state index contributed by atoms with van der Waals surface area (Å²) in [6.07, 6.45) is 1.79. The van der Waals surface area contributed by atoms with Crippen molar-refractivity contribution in [3.63, 3.8) is 0 Å². The van der Waals surface area contributed by atoms with Gasteiger partial charge in [-0.1, -0.05) is 19.1 Å². The van der Waals surface area contributed by atoms with E-state index < -0.39 is 11.9 Å². The van der Waals surface area contributed by atoms with E-state index in [-0.39, 0.29) is 12.5 Å². The van der Waals surface area contributed by atoms with Gasteiger partial charge in [0, 0.05) is 48.9 Å². The number of benzene rings is 2. The number of hydrogen-bond acceptors (Lipinski definition) is 10. The predicted octanol–water partition coefficient (Wildman–Crippen LogP) is 3.48. The van der Waals surface area contributed by atoms with Gasteiger partial charge in [-0.3, -0.25) is 14.5 Å². The summed E-state index contributed by atoms with van der Waals surface area (Å²) in [6, 6.07) is 16.4. The molecule has 0 fully saturated rings. The van der Waals surface area contributed by atoms with E-state index in [1.165, 1.54) is 17.7 Å². The van der Waals surface area contributed by atoms with E-state index in [1.807, 2.05) is 35.7 Å². The van der Waals surface area contributed by atoms with Crippen LogP contribution in [0, 0.1) is 0 Å². The Hall–Kier alpha value is -4.55. The molecule has 4 heterocycles. The van der Waals surface area contributed by atoms with Crippen molar-refractivity contribution in [3.8, 4) is 5.75 Å². The minimum atomic E-state index is -0.768. The maximum atomic E-state index is 13.1. The highest BCUT2D eigenvalue weighted by molar-refractivity contribution is 7.07. The number of carbonyl (C=O) groups is 2. The van der Waals surface area contributed by atoms with Gasteiger partial charge in [-0.25, -0.2) is 15.0 Å². The highest BCUT2D eigenvalue weighted by atomic mass is 32.1. The average Bonchev–Trinajstić information content (AvgIpc) is 3.49. The van der Waals surface area contributed by atoms with Crippen LogP contribution in [-0.4, -0.2) is 63.9 Å². The van der Waals surface area contributed by atoms with Crippen molar-refractivity contribution < 1.29 is 14.3 Å². The summed E-state index contributed by atoms with van der Waals surface area (Å²) in [7, 11) is 0. The van der Waals surface area contributed by atoms with E-state index in [9.17, 15) is 9.59 Å². The molecule has 0 radical (unpaired) electrons. The molecule has 4 N–H and O–H groups in total. The van der Waals surface area contributed by atoms with E-state index in [2.05, 4.69) is 60.2 Å². The third-order valence-corrected chi connectivity index (χ3v) is 7.13. The molecule has 1 atom stereocenters. The van der Waals surface area contributed by atoms with E-state index in [4.69, 9.17) is 4.74 Å². The van der Waals surface area contributed by atoms with Gasteiger partial charge in [0.2, 0.25) is 5.91 Å². The second kappa shape index (κ2) is 13.7. The summed E-state index contributed by atoms with van der Waals surface area (Å²) < 4.78 is 5.68. The number of hydrogen-bond donors (Lipinski definition) is 4. The lowest BCUT2D eigenvalue weighted by Crippen LogP contribution is -2.50. The van der Waals surface area contributed by atoms with Crippen LogP contribution in [0.4, 0.5) is 23.0 Å². The van der Waals surface area contributed by atoms with Crippen molar-refractivity contribution in [1.29, 1.82) is 0 Å². The molecular weight excluding hydrogens is 540 g/mol. The molecule has 212 valence electrons. The lowest BCUT2D eigenvalue weighted by Gasteiger charge is -2.22. The first-order valence-corrected chi connectivity index (χ1v) is 14.3. The van der Waals surface area contributed by atoms with E-state index in [0.29, 0.717) is 43.4 Å². The predicted molar refractivity (Wildman–Crippen MR) is 159 cm³/mol. The molecule has 2 aromatic heterocycles. The fourth-order valence-electron chi connectivity index (χ4n) is 4.38. The zero-order chi connectivity index (χ0) is 28.4. The first-order chi connectivity index (χ1) is 20.0. The third kappa shape index (κ3) is 8.22. The van der Waals surface area contributed by atoms with Crippen molar-refractivity contribution in [2.24, 2.45) is 0 Å². The van der Waals surface area contributed by atoms with Crippen molar-refractivity contribution in [1.82, 2.24) is 30.5 Å². The van der Waals surface area contributed by atoms with Gasteiger partial charge in [-0.15, -0.1) is 11.3 Å².